The molecule has 8 heteroatoms. The molecular weight excluding hydrogens is 450 g/mol. The monoisotopic (exact) mass is 477 g/mol. The fourth-order valence-electron chi connectivity index (χ4n) is 4.50. The minimum atomic E-state index is -0.173. The molecule has 2 aliphatic rings. The molecule has 0 saturated carbocycles. The number of hydrogen-bond donors (Lipinski definition) is 1. The average molecular weight is 478 g/mol. The third kappa shape index (κ3) is 4.77. The van der Waals surface area contributed by atoms with Gasteiger partial charge in [-0.15, -0.1) is 11.3 Å². The van der Waals surface area contributed by atoms with Crippen molar-refractivity contribution in [1.82, 2.24) is 15.2 Å². The van der Waals surface area contributed by atoms with E-state index in [1.54, 1.807) is 29.5 Å². The lowest BCUT2D eigenvalue weighted by molar-refractivity contribution is -0.132. The summed E-state index contributed by atoms with van der Waals surface area (Å²) in [6.45, 7) is 3.80. The zero-order valence-electron chi connectivity index (χ0n) is 19.1. The van der Waals surface area contributed by atoms with Gasteiger partial charge in [0.15, 0.2) is 11.5 Å². The molecule has 0 spiro atoms. The fourth-order valence-corrected chi connectivity index (χ4v) is 5.26. The Labute approximate surface area is 202 Å². The molecular formula is C26H27N3O4S. The van der Waals surface area contributed by atoms with Gasteiger partial charge in [-0.25, -0.2) is 0 Å². The van der Waals surface area contributed by atoms with E-state index in [-0.39, 0.29) is 18.6 Å². The number of fused-ring (bicyclic) bond motifs is 2. The second-order valence-corrected chi connectivity index (χ2v) is 9.61. The number of benzene rings is 1. The van der Waals surface area contributed by atoms with Gasteiger partial charge in [0.05, 0.1) is 0 Å². The highest BCUT2D eigenvalue weighted by Crippen LogP contribution is 2.32. The zero-order valence-corrected chi connectivity index (χ0v) is 20.0. The molecule has 0 unspecified atom stereocenters. The molecule has 0 aliphatic carbocycles. The summed E-state index contributed by atoms with van der Waals surface area (Å²) in [5.74, 6) is 1.26. The summed E-state index contributed by atoms with van der Waals surface area (Å²) < 4.78 is 10.7. The van der Waals surface area contributed by atoms with Crippen LogP contribution in [-0.4, -0.2) is 35.0 Å². The number of carbonyl (C=O) groups is 2. The van der Waals surface area contributed by atoms with Crippen LogP contribution in [0.4, 0.5) is 0 Å². The van der Waals surface area contributed by atoms with Crippen molar-refractivity contribution in [2.45, 2.75) is 45.7 Å². The van der Waals surface area contributed by atoms with Crippen LogP contribution in [0.15, 0.2) is 41.9 Å². The topological polar surface area (TPSA) is 80.8 Å². The molecule has 176 valence electrons. The molecule has 4 heterocycles. The van der Waals surface area contributed by atoms with E-state index in [0.717, 1.165) is 36.1 Å². The molecule has 0 radical (unpaired) electrons. The first-order valence-corrected chi connectivity index (χ1v) is 12.4. The molecule has 34 heavy (non-hydrogen) atoms. The van der Waals surface area contributed by atoms with Crippen molar-refractivity contribution in [3.05, 3.63) is 74.7 Å². The van der Waals surface area contributed by atoms with Crippen molar-refractivity contribution in [3.63, 3.8) is 0 Å². The number of pyridine rings is 1. The van der Waals surface area contributed by atoms with E-state index < -0.39 is 0 Å². The zero-order chi connectivity index (χ0) is 23.5. The number of hydrogen-bond acceptors (Lipinski definition) is 6. The van der Waals surface area contributed by atoms with Crippen LogP contribution >= 0.6 is 11.3 Å². The number of carbonyl (C=O) groups excluding carboxylic acids is 2. The number of nitrogens with zero attached hydrogens (tertiary/aromatic N) is 2. The predicted molar refractivity (Wildman–Crippen MR) is 129 cm³/mol. The summed E-state index contributed by atoms with van der Waals surface area (Å²) in [7, 11) is 0. The summed E-state index contributed by atoms with van der Waals surface area (Å²) in [5, 5.41) is 5.09. The summed E-state index contributed by atoms with van der Waals surface area (Å²) in [6, 6.07) is 9.35. The number of nitrogens with one attached hydrogen (secondary N) is 1. The molecule has 3 aromatic rings. The quantitative estimate of drug-likeness (QED) is 0.556. The largest absolute Gasteiger partial charge is 0.454 e. The van der Waals surface area contributed by atoms with Crippen molar-refractivity contribution in [2.24, 2.45) is 0 Å². The highest BCUT2D eigenvalue weighted by Gasteiger charge is 2.24. The van der Waals surface area contributed by atoms with Crippen LogP contribution in [0.25, 0.3) is 0 Å². The van der Waals surface area contributed by atoms with Crippen LogP contribution in [-0.2, 0) is 30.7 Å². The third-order valence-corrected chi connectivity index (χ3v) is 7.34. The average Bonchev–Trinajstić information content (AvgIpc) is 3.54. The van der Waals surface area contributed by atoms with Gasteiger partial charge in [0.25, 0.3) is 5.91 Å². The van der Waals surface area contributed by atoms with Gasteiger partial charge in [0, 0.05) is 48.4 Å². The van der Waals surface area contributed by atoms with Crippen LogP contribution in [0, 0.1) is 6.92 Å². The Hall–Kier alpha value is -3.39. The molecule has 1 N–H and O–H groups in total. The molecule has 0 bridgehead atoms. The van der Waals surface area contributed by atoms with Crippen molar-refractivity contribution in [3.8, 4) is 11.5 Å². The standard InChI is InChI=1S/C26H27N3O4S/c1-17-22(14-28-26(31)18-7-8-23-24(12-18)33-16-32-23)21-9-10-29(15-19(21)13-27-17)25(30)6-2-4-20-5-3-11-34-20/h3,5,7-8,11-13H,2,4,6,9-10,14-16H2,1H3,(H,28,31). The molecule has 0 saturated heterocycles. The molecule has 2 aromatic heterocycles. The van der Waals surface area contributed by atoms with E-state index in [9.17, 15) is 9.59 Å². The maximum absolute atomic E-state index is 12.8. The number of ether oxygens (including phenoxy) is 2. The Morgan fingerprint density at radius 1 is 1.21 bits per heavy atom. The summed E-state index contributed by atoms with van der Waals surface area (Å²) in [4.78, 5) is 33.3. The Bertz CT molecular complexity index is 1210. The van der Waals surface area contributed by atoms with Gasteiger partial charge in [-0.3, -0.25) is 14.6 Å². The first-order chi connectivity index (χ1) is 16.6. The molecule has 1 aromatic carbocycles. The van der Waals surface area contributed by atoms with E-state index in [2.05, 4.69) is 21.7 Å². The SMILES string of the molecule is Cc1ncc2c(c1CNC(=O)c1ccc3c(c1)OCO3)CCN(C(=O)CCCc1cccs1)C2. The lowest BCUT2D eigenvalue weighted by atomic mass is 9.94. The van der Waals surface area contributed by atoms with E-state index in [1.807, 2.05) is 24.1 Å². The summed E-state index contributed by atoms with van der Waals surface area (Å²) in [5.41, 5.74) is 4.73. The number of aromatic nitrogens is 1. The van der Waals surface area contributed by atoms with Gasteiger partial charge >= 0.3 is 0 Å². The first-order valence-electron chi connectivity index (χ1n) is 11.5. The summed E-state index contributed by atoms with van der Waals surface area (Å²) in [6.07, 6.45) is 5.02. The van der Waals surface area contributed by atoms with Gasteiger partial charge < -0.3 is 19.7 Å². The van der Waals surface area contributed by atoms with Gasteiger partial charge in [0.2, 0.25) is 12.7 Å². The lowest BCUT2D eigenvalue weighted by Gasteiger charge is -2.30. The van der Waals surface area contributed by atoms with Gasteiger partial charge in [-0.2, -0.15) is 0 Å². The maximum Gasteiger partial charge on any atom is 0.251 e. The molecule has 2 aliphatic heterocycles. The van der Waals surface area contributed by atoms with Crippen LogP contribution in [0.3, 0.4) is 0 Å². The number of aryl methyl sites for hydroxylation is 2. The van der Waals surface area contributed by atoms with E-state index in [4.69, 9.17) is 9.47 Å². The minimum absolute atomic E-state index is 0.173. The van der Waals surface area contributed by atoms with Crippen molar-refractivity contribution in [2.75, 3.05) is 13.3 Å². The molecule has 7 nitrogen and oxygen atoms in total. The van der Waals surface area contributed by atoms with E-state index in [0.29, 0.717) is 43.1 Å². The van der Waals surface area contributed by atoms with Crippen LogP contribution in [0.5, 0.6) is 11.5 Å². The van der Waals surface area contributed by atoms with Gasteiger partial charge in [-0.1, -0.05) is 6.07 Å². The smallest absolute Gasteiger partial charge is 0.251 e. The van der Waals surface area contributed by atoms with Gasteiger partial charge in [0.1, 0.15) is 0 Å². The van der Waals surface area contributed by atoms with E-state index >= 15 is 0 Å². The Kier molecular flexibility index (Phi) is 6.49. The van der Waals surface area contributed by atoms with Crippen LogP contribution in [0.1, 0.15) is 50.5 Å². The highest BCUT2D eigenvalue weighted by atomic mass is 32.1. The highest BCUT2D eigenvalue weighted by molar-refractivity contribution is 7.09. The number of thiophene rings is 1. The summed E-state index contributed by atoms with van der Waals surface area (Å²) >= 11 is 1.74. The van der Waals surface area contributed by atoms with Crippen LogP contribution in [0.2, 0.25) is 0 Å². The maximum atomic E-state index is 12.8. The van der Waals surface area contributed by atoms with Crippen molar-refractivity contribution in [1.29, 1.82) is 0 Å². The second-order valence-electron chi connectivity index (χ2n) is 8.57. The molecule has 5 rings (SSSR count). The Balaban J connectivity index is 1.21. The minimum Gasteiger partial charge on any atom is -0.454 e. The lowest BCUT2D eigenvalue weighted by Crippen LogP contribution is -2.37. The Morgan fingerprint density at radius 3 is 2.94 bits per heavy atom. The number of rotatable bonds is 7. The number of amides is 2. The van der Waals surface area contributed by atoms with Crippen molar-refractivity contribution < 1.29 is 19.1 Å². The van der Waals surface area contributed by atoms with Crippen LogP contribution < -0.4 is 14.8 Å². The normalized spacial score (nSPS) is 14.1. The third-order valence-electron chi connectivity index (χ3n) is 6.40. The van der Waals surface area contributed by atoms with E-state index in [1.165, 1.54) is 10.4 Å². The molecule has 0 fully saturated rings. The first kappa shape index (κ1) is 22.4. The molecule has 0 atom stereocenters. The predicted octanol–water partition coefficient (Wildman–Crippen LogP) is 4.02. The Morgan fingerprint density at radius 2 is 2.09 bits per heavy atom. The fraction of sp³-hybridized carbons (Fsp3) is 0.346. The van der Waals surface area contributed by atoms with Gasteiger partial charge in [-0.05, 0) is 72.5 Å². The van der Waals surface area contributed by atoms with Crippen molar-refractivity contribution >= 4 is 23.2 Å². The second kappa shape index (κ2) is 9.85. The molecule has 2 amide bonds.